The number of nitrogens with zero attached hydrogens (tertiary/aromatic N) is 2. The van der Waals surface area contributed by atoms with Gasteiger partial charge in [0.05, 0.1) is 12.1 Å². The molecule has 1 saturated heterocycles. The lowest BCUT2D eigenvalue weighted by Crippen LogP contribution is -2.30. The van der Waals surface area contributed by atoms with Crippen molar-refractivity contribution in [3.8, 4) is 0 Å². The summed E-state index contributed by atoms with van der Waals surface area (Å²) in [5.74, 6) is -0.617. The van der Waals surface area contributed by atoms with Crippen LogP contribution in [0.25, 0.3) is 0 Å². The number of hydrogen-bond donors (Lipinski definition) is 1. The Hall–Kier alpha value is -2.47. The molecular weight excluding hydrogens is 334 g/mol. The first kappa shape index (κ1) is 17.4. The molecule has 1 fully saturated rings. The highest BCUT2D eigenvalue weighted by Gasteiger charge is 2.35. The third kappa shape index (κ3) is 3.96. The molecule has 0 spiro atoms. The standard InChI is InChI=1S/C19H21N3O2S/c1-3-14-4-6-16(7-5-14)22-12-15(10-18(22)23)19(24)21-20-11-17-13(2)8-9-25-17/h4-9,11,15H,3,10,12H2,1-2H3,(H,21,24). The van der Waals surface area contributed by atoms with Crippen LogP contribution in [-0.4, -0.2) is 24.6 Å². The van der Waals surface area contributed by atoms with Gasteiger partial charge in [-0.15, -0.1) is 11.3 Å². The lowest BCUT2D eigenvalue weighted by atomic mass is 10.1. The topological polar surface area (TPSA) is 61.8 Å². The lowest BCUT2D eigenvalue weighted by Gasteiger charge is -2.16. The average molecular weight is 355 g/mol. The van der Waals surface area contributed by atoms with Crippen molar-refractivity contribution in [2.75, 3.05) is 11.4 Å². The van der Waals surface area contributed by atoms with E-state index in [0.29, 0.717) is 6.54 Å². The molecule has 130 valence electrons. The fourth-order valence-electron chi connectivity index (χ4n) is 2.81. The van der Waals surface area contributed by atoms with Crippen LogP contribution in [0.15, 0.2) is 40.8 Å². The van der Waals surface area contributed by atoms with Crippen molar-refractivity contribution in [3.05, 3.63) is 51.7 Å². The van der Waals surface area contributed by atoms with Gasteiger partial charge in [-0.3, -0.25) is 9.59 Å². The number of nitrogens with one attached hydrogen (secondary N) is 1. The normalized spacial score (nSPS) is 17.4. The van der Waals surface area contributed by atoms with E-state index in [0.717, 1.165) is 22.5 Å². The third-order valence-electron chi connectivity index (χ3n) is 4.41. The summed E-state index contributed by atoms with van der Waals surface area (Å²) in [7, 11) is 0. The second kappa shape index (κ2) is 7.61. The SMILES string of the molecule is CCc1ccc(N2CC(C(=O)NN=Cc3sccc3C)CC2=O)cc1. The van der Waals surface area contributed by atoms with Gasteiger partial charge in [0.25, 0.3) is 0 Å². The highest BCUT2D eigenvalue weighted by Crippen LogP contribution is 2.25. The predicted octanol–water partition coefficient (Wildman–Crippen LogP) is 3.12. The Bertz CT molecular complexity index is 795. The second-order valence-corrected chi connectivity index (χ2v) is 7.08. The van der Waals surface area contributed by atoms with Crippen LogP contribution in [0.2, 0.25) is 0 Å². The van der Waals surface area contributed by atoms with Crippen molar-refractivity contribution >= 4 is 35.1 Å². The first-order chi connectivity index (χ1) is 12.1. The molecule has 0 bridgehead atoms. The van der Waals surface area contributed by atoms with Gasteiger partial charge in [-0.05, 0) is 48.1 Å². The Labute approximate surface area is 151 Å². The molecule has 1 aromatic heterocycles. The summed E-state index contributed by atoms with van der Waals surface area (Å²) in [6.45, 7) is 4.48. The molecule has 1 N–H and O–H groups in total. The maximum Gasteiger partial charge on any atom is 0.245 e. The molecular formula is C19H21N3O2S. The maximum atomic E-state index is 12.3. The summed E-state index contributed by atoms with van der Waals surface area (Å²) in [6.07, 6.45) is 2.83. The number of thiophene rings is 1. The number of carbonyl (C=O) groups is 2. The second-order valence-electron chi connectivity index (χ2n) is 6.13. The van der Waals surface area contributed by atoms with Gasteiger partial charge < -0.3 is 4.90 Å². The molecule has 0 aliphatic carbocycles. The number of anilines is 1. The van der Waals surface area contributed by atoms with Crippen molar-refractivity contribution in [1.82, 2.24) is 5.43 Å². The van der Waals surface area contributed by atoms with Crippen LogP contribution in [0.5, 0.6) is 0 Å². The minimum atomic E-state index is -0.375. The van der Waals surface area contributed by atoms with Gasteiger partial charge in [0, 0.05) is 23.5 Å². The van der Waals surface area contributed by atoms with E-state index >= 15 is 0 Å². The van der Waals surface area contributed by atoms with E-state index < -0.39 is 0 Å². The van der Waals surface area contributed by atoms with Gasteiger partial charge >= 0.3 is 0 Å². The zero-order chi connectivity index (χ0) is 17.8. The summed E-state index contributed by atoms with van der Waals surface area (Å²) >= 11 is 1.57. The number of rotatable bonds is 5. The van der Waals surface area contributed by atoms with Gasteiger partial charge in [0.1, 0.15) is 0 Å². The zero-order valence-electron chi connectivity index (χ0n) is 14.4. The fourth-order valence-corrected chi connectivity index (χ4v) is 3.59. The zero-order valence-corrected chi connectivity index (χ0v) is 15.2. The van der Waals surface area contributed by atoms with Crippen LogP contribution < -0.4 is 10.3 Å². The Balaban J connectivity index is 1.60. The third-order valence-corrected chi connectivity index (χ3v) is 5.36. The Morgan fingerprint density at radius 3 is 2.76 bits per heavy atom. The van der Waals surface area contributed by atoms with Crippen molar-refractivity contribution in [3.63, 3.8) is 0 Å². The fraction of sp³-hybridized carbons (Fsp3) is 0.316. The van der Waals surface area contributed by atoms with Crippen LogP contribution in [-0.2, 0) is 16.0 Å². The van der Waals surface area contributed by atoms with E-state index in [1.54, 1.807) is 22.5 Å². The molecule has 6 heteroatoms. The first-order valence-corrected chi connectivity index (χ1v) is 9.22. The molecule has 2 aromatic rings. The van der Waals surface area contributed by atoms with Gasteiger partial charge in [-0.25, -0.2) is 5.43 Å². The van der Waals surface area contributed by atoms with Crippen LogP contribution in [0.4, 0.5) is 5.69 Å². The summed E-state index contributed by atoms with van der Waals surface area (Å²) in [6, 6.07) is 9.92. The largest absolute Gasteiger partial charge is 0.312 e. The molecule has 1 aliphatic rings. The highest BCUT2D eigenvalue weighted by atomic mass is 32.1. The number of amides is 2. The van der Waals surface area contributed by atoms with E-state index in [9.17, 15) is 9.59 Å². The molecule has 3 rings (SSSR count). The van der Waals surface area contributed by atoms with Gasteiger partial charge in [-0.1, -0.05) is 19.1 Å². The predicted molar refractivity (Wildman–Crippen MR) is 101 cm³/mol. The number of hydrogen-bond acceptors (Lipinski definition) is 4. The van der Waals surface area contributed by atoms with E-state index in [2.05, 4.69) is 17.5 Å². The maximum absolute atomic E-state index is 12.3. The minimum Gasteiger partial charge on any atom is -0.312 e. The highest BCUT2D eigenvalue weighted by molar-refractivity contribution is 7.11. The molecule has 5 nitrogen and oxygen atoms in total. The van der Waals surface area contributed by atoms with E-state index in [1.165, 1.54) is 5.56 Å². The van der Waals surface area contributed by atoms with Crippen LogP contribution >= 0.6 is 11.3 Å². The summed E-state index contributed by atoms with van der Waals surface area (Å²) in [4.78, 5) is 27.2. The van der Waals surface area contributed by atoms with Gasteiger partial charge in [0.15, 0.2) is 0 Å². The summed E-state index contributed by atoms with van der Waals surface area (Å²) in [5.41, 5.74) is 5.75. The molecule has 1 unspecified atom stereocenters. The quantitative estimate of drug-likeness (QED) is 0.662. The molecule has 0 radical (unpaired) electrons. The molecule has 2 amide bonds. The molecule has 1 aromatic carbocycles. The van der Waals surface area contributed by atoms with Crippen LogP contribution in [0, 0.1) is 12.8 Å². The molecule has 1 atom stereocenters. The first-order valence-electron chi connectivity index (χ1n) is 8.34. The average Bonchev–Trinajstić information content (AvgIpc) is 3.21. The van der Waals surface area contributed by atoms with Crippen molar-refractivity contribution < 1.29 is 9.59 Å². The van der Waals surface area contributed by atoms with E-state index in [4.69, 9.17) is 0 Å². The molecule has 0 saturated carbocycles. The molecule has 2 heterocycles. The summed E-state index contributed by atoms with van der Waals surface area (Å²) < 4.78 is 0. The lowest BCUT2D eigenvalue weighted by molar-refractivity contribution is -0.126. The van der Waals surface area contributed by atoms with E-state index in [1.807, 2.05) is 42.6 Å². The van der Waals surface area contributed by atoms with Crippen molar-refractivity contribution in [2.45, 2.75) is 26.7 Å². The minimum absolute atomic E-state index is 0.0255. The Morgan fingerprint density at radius 1 is 1.36 bits per heavy atom. The van der Waals surface area contributed by atoms with Gasteiger partial charge in [-0.2, -0.15) is 5.10 Å². The smallest absolute Gasteiger partial charge is 0.245 e. The van der Waals surface area contributed by atoms with Crippen LogP contribution in [0.3, 0.4) is 0 Å². The number of benzene rings is 1. The van der Waals surface area contributed by atoms with Crippen molar-refractivity contribution in [2.24, 2.45) is 11.0 Å². The Morgan fingerprint density at radius 2 is 2.12 bits per heavy atom. The number of hydrazone groups is 1. The summed E-state index contributed by atoms with van der Waals surface area (Å²) in [5, 5.41) is 6.00. The van der Waals surface area contributed by atoms with Crippen molar-refractivity contribution in [1.29, 1.82) is 0 Å². The number of carbonyl (C=O) groups excluding carboxylic acids is 2. The molecule has 1 aliphatic heterocycles. The van der Waals surface area contributed by atoms with Gasteiger partial charge in [0.2, 0.25) is 11.8 Å². The number of aryl methyl sites for hydroxylation is 2. The monoisotopic (exact) mass is 355 g/mol. The molecule has 25 heavy (non-hydrogen) atoms. The van der Waals surface area contributed by atoms with E-state index in [-0.39, 0.29) is 24.2 Å². The Kier molecular flexibility index (Phi) is 5.28. The van der Waals surface area contributed by atoms with Crippen LogP contribution in [0.1, 0.15) is 29.3 Å².